The predicted molar refractivity (Wildman–Crippen MR) is 101 cm³/mol. The summed E-state index contributed by atoms with van der Waals surface area (Å²) in [6.45, 7) is 2.72. The summed E-state index contributed by atoms with van der Waals surface area (Å²) < 4.78 is 11.3. The molecule has 136 valence electrons. The van der Waals surface area contributed by atoms with Gasteiger partial charge in [-0.1, -0.05) is 25.1 Å². The van der Waals surface area contributed by atoms with Crippen LogP contribution in [0.2, 0.25) is 0 Å². The van der Waals surface area contributed by atoms with E-state index in [1.807, 2.05) is 47.4 Å². The number of fused-ring (bicyclic) bond motifs is 1. The van der Waals surface area contributed by atoms with Crippen LogP contribution in [0.15, 0.2) is 42.5 Å². The summed E-state index contributed by atoms with van der Waals surface area (Å²) in [7, 11) is 1.64. The van der Waals surface area contributed by atoms with Crippen LogP contribution in [0.5, 0.6) is 11.5 Å². The van der Waals surface area contributed by atoms with Gasteiger partial charge in [0.05, 0.1) is 19.3 Å². The van der Waals surface area contributed by atoms with Crippen molar-refractivity contribution < 1.29 is 14.3 Å². The number of nitrogens with zero attached hydrogens (tertiary/aromatic N) is 1. The number of carbonyl (C=O) groups excluding carboxylic acids is 1. The summed E-state index contributed by atoms with van der Waals surface area (Å²) in [6.07, 6.45) is 2.86. The molecule has 1 heterocycles. The fourth-order valence-electron chi connectivity index (χ4n) is 3.43. The van der Waals surface area contributed by atoms with E-state index in [0.717, 1.165) is 41.8 Å². The van der Waals surface area contributed by atoms with E-state index >= 15 is 0 Å². The second-order valence-electron chi connectivity index (χ2n) is 6.79. The van der Waals surface area contributed by atoms with Crippen LogP contribution in [0.4, 0.5) is 5.69 Å². The van der Waals surface area contributed by atoms with Gasteiger partial charge < -0.3 is 19.7 Å². The van der Waals surface area contributed by atoms with Crippen LogP contribution in [0.1, 0.15) is 48.3 Å². The molecule has 0 radical (unpaired) electrons. The Kier molecular flexibility index (Phi) is 4.45. The van der Waals surface area contributed by atoms with Gasteiger partial charge in [-0.15, -0.1) is 0 Å². The summed E-state index contributed by atoms with van der Waals surface area (Å²) in [6, 6.07) is 13.9. The zero-order valence-electron chi connectivity index (χ0n) is 15.2. The van der Waals surface area contributed by atoms with Crippen LogP contribution in [-0.2, 0) is 0 Å². The minimum absolute atomic E-state index is 0.0946. The smallest absolute Gasteiger partial charge is 0.258 e. The Balaban J connectivity index is 1.70. The van der Waals surface area contributed by atoms with E-state index < -0.39 is 0 Å². The summed E-state index contributed by atoms with van der Waals surface area (Å²) in [5, 5.41) is 3.54. The number of rotatable bonds is 6. The maximum atomic E-state index is 13.1. The van der Waals surface area contributed by atoms with E-state index in [0.29, 0.717) is 18.4 Å². The van der Waals surface area contributed by atoms with Crippen LogP contribution < -0.4 is 14.8 Å². The lowest BCUT2D eigenvalue weighted by atomic mass is 10.0. The molecule has 0 aromatic heterocycles. The molecule has 5 nitrogen and oxygen atoms in total. The molecule has 2 aromatic rings. The summed E-state index contributed by atoms with van der Waals surface area (Å²) in [5.74, 6) is 1.52. The molecule has 1 unspecified atom stereocenters. The molecule has 2 aromatic carbocycles. The van der Waals surface area contributed by atoms with Crippen molar-refractivity contribution in [3.05, 3.63) is 53.6 Å². The van der Waals surface area contributed by atoms with Crippen LogP contribution >= 0.6 is 0 Å². The fourth-order valence-corrected chi connectivity index (χ4v) is 3.43. The molecule has 0 spiro atoms. The standard InChI is InChI=1S/C21H24N2O3/c1-3-12-26-18-11-8-14(13-19(18)25-2)20-22-17-7-5-4-6-16(17)21(24)23(20)15-9-10-15/h4-8,11,13,15,20,22H,3,9-10,12H2,1-2H3. The topological polar surface area (TPSA) is 50.8 Å². The second-order valence-corrected chi connectivity index (χ2v) is 6.79. The van der Waals surface area contributed by atoms with E-state index in [1.54, 1.807) is 7.11 Å². The fraction of sp³-hybridized carbons (Fsp3) is 0.381. The average molecular weight is 352 g/mol. The lowest BCUT2D eigenvalue weighted by Crippen LogP contribution is -2.44. The first-order chi connectivity index (χ1) is 12.7. The van der Waals surface area contributed by atoms with Gasteiger partial charge in [0.25, 0.3) is 5.91 Å². The number of nitrogens with one attached hydrogen (secondary N) is 1. The molecule has 26 heavy (non-hydrogen) atoms. The number of benzene rings is 2. The highest BCUT2D eigenvalue weighted by molar-refractivity contribution is 6.02. The second kappa shape index (κ2) is 6.90. The highest BCUT2D eigenvalue weighted by Gasteiger charge is 2.42. The number of amides is 1. The molecular weight excluding hydrogens is 328 g/mol. The number of ether oxygens (including phenoxy) is 2. The molecule has 1 aliphatic heterocycles. The molecule has 0 bridgehead atoms. The van der Waals surface area contributed by atoms with Crippen molar-refractivity contribution in [2.75, 3.05) is 19.0 Å². The molecule has 1 atom stereocenters. The normalized spacial score (nSPS) is 18.9. The minimum Gasteiger partial charge on any atom is -0.493 e. The molecule has 0 saturated heterocycles. The Hall–Kier alpha value is -2.69. The number of hydrogen-bond donors (Lipinski definition) is 1. The van der Waals surface area contributed by atoms with Gasteiger partial charge in [-0.25, -0.2) is 0 Å². The monoisotopic (exact) mass is 352 g/mol. The lowest BCUT2D eigenvalue weighted by Gasteiger charge is -2.38. The quantitative estimate of drug-likeness (QED) is 0.846. The van der Waals surface area contributed by atoms with E-state index in [-0.39, 0.29) is 12.1 Å². The summed E-state index contributed by atoms with van der Waals surface area (Å²) in [4.78, 5) is 15.1. The van der Waals surface area contributed by atoms with Crippen LogP contribution in [0.3, 0.4) is 0 Å². The average Bonchev–Trinajstić information content (AvgIpc) is 3.51. The zero-order valence-corrected chi connectivity index (χ0v) is 15.2. The Morgan fingerprint density at radius 1 is 1.15 bits per heavy atom. The highest BCUT2D eigenvalue weighted by Crippen LogP contribution is 2.42. The van der Waals surface area contributed by atoms with Gasteiger partial charge in [0.1, 0.15) is 6.17 Å². The first-order valence-corrected chi connectivity index (χ1v) is 9.22. The van der Waals surface area contributed by atoms with Gasteiger partial charge in [-0.3, -0.25) is 4.79 Å². The Morgan fingerprint density at radius 3 is 2.69 bits per heavy atom. The van der Waals surface area contributed by atoms with Crippen molar-refractivity contribution in [1.82, 2.24) is 4.90 Å². The Bertz CT molecular complexity index is 817. The predicted octanol–water partition coefficient (Wildman–Crippen LogP) is 4.21. The minimum atomic E-state index is -0.195. The lowest BCUT2D eigenvalue weighted by molar-refractivity contribution is 0.0666. The van der Waals surface area contributed by atoms with Gasteiger partial charge in [0, 0.05) is 11.7 Å². The van der Waals surface area contributed by atoms with Crippen molar-refractivity contribution in [1.29, 1.82) is 0 Å². The van der Waals surface area contributed by atoms with Gasteiger partial charge in [-0.2, -0.15) is 0 Å². The highest BCUT2D eigenvalue weighted by atomic mass is 16.5. The molecule has 1 fully saturated rings. The zero-order chi connectivity index (χ0) is 18.1. The van der Waals surface area contributed by atoms with Gasteiger partial charge in [0.2, 0.25) is 0 Å². The molecule has 1 N–H and O–H groups in total. The van der Waals surface area contributed by atoms with E-state index in [4.69, 9.17) is 9.47 Å². The van der Waals surface area contributed by atoms with E-state index in [9.17, 15) is 4.79 Å². The number of hydrogen-bond acceptors (Lipinski definition) is 4. The van der Waals surface area contributed by atoms with Gasteiger partial charge in [0.15, 0.2) is 11.5 Å². The third-order valence-electron chi connectivity index (χ3n) is 4.87. The molecule has 1 amide bonds. The molecule has 1 saturated carbocycles. The maximum Gasteiger partial charge on any atom is 0.258 e. The molecule has 1 aliphatic carbocycles. The molecule has 5 heteroatoms. The molecule has 2 aliphatic rings. The number of anilines is 1. The van der Waals surface area contributed by atoms with Gasteiger partial charge >= 0.3 is 0 Å². The Morgan fingerprint density at radius 2 is 1.96 bits per heavy atom. The van der Waals surface area contributed by atoms with Crippen LogP contribution in [0, 0.1) is 0 Å². The van der Waals surface area contributed by atoms with Crippen molar-refractivity contribution in [2.24, 2.45) is 0 Å². The van der Waals surface area contributed by atoms with Crippen molar-refractivity contribution in [3.8, 4) is 11.5 Å². The summed E-state index contributed by atoms with van der Waals surface area (Å²) in [5.41, 5.74) is 2.62. The van der Waals surface area contributed by atoms with Crippen LogP contribution in [0.25, 0.3) is 0 Å². The molecular formula is C21H24N2O3. The van der Waals surface area contributed by atoms with Crippen molar-refractivity contribution >= 4 is 11.6 Å². The first-order valence-electron chi connectivity index (χ1n) is 9.22. The van der Waals surface area contributed by atoms with E-state index in [2.05, 4.69) is 12.2 Å². The molecule has 4 rings (SSSR count). The van der Waals surface area contributed by atoms with Crippen molar-refractivity contribution in [3.63, 3.8) is 0 Å². The van der Waals surface area contributed by atoms with Crippen LogP contribution in [-0.4, -0.2) is 30.6 Å². The van der Waals surface area contributed by atoms with Crippen molar-refractivity contribution in [2.45, 2.75) is 38.4 Å². The third-order valence-corrected chi connectivity index (χ3v) is 4.87. The first kappa shape index (κ1) is 16.8. The summed E-state index contributed by atoms with van der Waals surface area (Å²) >= 11 is 0. The largest absolute Gasteiger partial charge is 0.493 e. The number of carbonyl (C=O) groups is 1. The van der Waals surface area contributed by atoms with E-state index in [1.165, 1.54) is 0 Å². The Labute approximate surface area is 153 Å². The number of para-hydroxylation sites is 1. The maximum absolute atomic E-state index is 13.1. The number of methoxy groups -OCH3 is 1. The SMILES string of the molecule is CCCOc1ccc(C2Nc3ccccc3C(=O)N2C2CC2)cc1OC. The third kappa shape index (κ3) is 2.98. The van der Waals surface area contributed by atoms with Gasteiger partial charge in [-0.05, 0) is 49.1 Å².